The first-order valence-corrected chi connectivity index (χ1v) is 9.43. The van der Waals surface area contributed by atoms with Gasteiger partial charge in [-0.15, -0.1) is 0 Å². The molecule has 5 nitrogen and oxygen atoms in total. The van der Waals surface area contributed by atoms with Crippen LogP contribution in [-0.4, -0.2) is 36.2 Å². The first-order chi connectivity index (χ1) is 13.0. The lowest BCUT2D eigenvalue weighted by molar-refractivity contribution is 0.246. The molecule has 2 aromatic carbocycles. The molecule has 3 aromatic rings. The highest BCUT2D eigenvalue weighted by atomic mass is 35.5. The van der Waals surface area contributed by atoms with Gasteiger partial charge < -0.3 is 14.4 Å². The van der Waals surface area contributed by atoms with Gasteiger partial charge in [0.15, 0.2) is 0 Å². The van der Waals surface area contributed by atoms with Crippen molar-refractivity contribution in [2.45, 2.75) is 6.54 Å². The predicted molar refractivity (Wildman–Crippen MR) is 108 cm³/mol. The molecule has 0 aliphatic carbocycles. The van der Waals surface area contributed by atoms with Crippen molar-refractivity contribution in [3.63, 3.8) is 0 Å². The summed E-state index contributed by atoms with van der Waals surface area (Å²) in [4.78, 5) is 16.7. The van der Waals surface area contributed by atoms with Crippen molar-refractivity contribution in [2.75, 3.05) is 31.1 Å². The molecule has 1 aromatic heterocycles. The highest BCUT2D eigenvalue weighted by Crippen LogP contribution is 2.29. The van der Waals surface area contributed by atoms with Gasteiger partial charge >= 0.3 is 0 Å². The first kappa shape index (κ1) is 18.2. The second-order valence-electron chi connectivity index (χ2n) is 6.60. The first-order valence-electron chi connectivity index (χ1n) is 8.67. The zero-order valence-corrected chi connectivity index (χ0v) is 16.0. The molecule has 4 rings (SSSR count). The second-order valence-corrected chi connectivity index (χ2v) is 7.44. The topological polar surface area (TPSA) is 56.9 Å². The molecule has 7 heteroatoms. The van der Waals surface area contributed by atoms with Gasteiger partial charge in [0.05, 0.1) is 10.9 Å². The molecule has 0 saturated carbocycles. The summed E-state index contributed by atoms with van der Waals surface area (Å²) in [6.45, 7) is 3.83. The number of phenols is 1. The molecular weight excluding hydrogens is 387 g/mol. The van der Waals surface area contributed by atoms with E-state index in [1.54, 1.807) is 6.07 Å². The number of benzene rings is 2. The van der Waals surface area contributed by atoms with E-state index in [9.17, 15) is 9.90 Å². The Labute approximate surface area is 166 Å². The highest BCUT2D eigenvalue weighted by Gasteiger charge is 2.21. The number of halogens is 2. The Balaban J connectivity index is 1.53. The van der Waals surface area contributed by atoms with E-state index in [4.69, 9.17) is 27.6 Å². The van der Waals surface area contributed by atoms with Crippen LogP contribution in [0.25, 0.3) is 11.0 Å². The fourth-order valence-corrected chi connectivity index (χ4v) is 3.77. The maximum atomic E-state index is 12.2. The zero-order valence-electron chi connectivity index (χ0n) is 14.5. The Kier molecular flexibility index (Phi) is 5.00. The van der Waals surface area contributed by atoms with E-state index in [1.807, 2.05) is 18.2 Å². The number of rotatable bonds is 3. The van der Waals surface area contributed by atoms with E-state index in [0.29, 0.717) is 23.1 Å². The summed E-state index contributed by atoms with van der Waals surface area (Å²) in [5.41, 5.74) is 1.82. The van der Waals surface area contributed by atoms with Crippen LogP contribution in [0.3, 0.4) is 0 Å². The van der Waals surface area contributed by atoms with Crippen LogP contribution < -0.4 is 10.3 Å². The number of fused-ring (bicyclic) bond motifs is 1. The van der Waals surface area contributed by atoms with E-state index >= 15 is 0 Å². The van der Waals surface area contributed by atoms with Crippen LogP contribution in [0.4, 0.5) is 5.69 Å². The van der Waals surface area contributed by atoms with Crippen LogP contribution in [0.1, 0.15) is 5.56 Å². The average Bonchev–Trinajstić information content (AvgIpc) is 2.67. The molecule has 0 radical (unpaired) electrons. The van der Waals surface area contributed by atoms with E-state index in [1.165, 1.54) is 12.3 Å². The Bertz CT molecular complexity index is 1040. The van der Waals surface area contributed by atoms with Crippen molar-refractivity contribution >= 4 is 39.9 Å². The van der Waals surface area contributed by atoms with Crippen LogP contribution in [-0.2, 0) is 6.54 Å². The number of nitrogens with zero attached hydrogens (tertiary/aromatic N) is 2. The molecule has 0 bridgehead atoms. The average molecular weight is 405 g/mol. The quantitative estimate of drug-likeness (QED) is 0.710. The lowest BCUT2D eigenvalue weighted by Crippen LogP contribution is -2.46. The fraction of sp³-hybridized carbons (Fsp3) is 0.250. The van der Waals surface area contributed by atoms with Gasteiger partial charge in [0, 0.05) is 43.4 Å². The molecule has 1 aliphatic rings. The minimum absolute atomic E-state index is 0.0364. The van der Waals surface area contributed by atoms with Gasteiger partial charge in [-0.25, -0.2) is 0 Å². The fourth-order valence-electron chi connectivity index (χ4n) is 3.44. The van der Waals surface area contributed by atoms with Crippen molar-refractivity contribution in [2.24, 2.45) is 0 Å². The smallest absolute Gasteiger partial charge is 0.211 e. The van der Waals surface area contributed by atoms with Crippen LogP contribution in [0, 0.1) is 0 Å². The molecule has 1 aliphatic heterocycles. The van der Waals surface area contributed by atoms with Gasteiger partial charge in [-0.2, -0.15) is 0 Å². The summed E-state index contributed by atoms with van der Waals surface area (Å²) in [5, 5.41) is 11.5. The minimum Gasteiger partial charge on any atom is -0.507 e. The Morgan fingerprint density at radius 2 is 1.85 bits per heavy atom. The number of hydrogen-bond acceptors (Lipinski definition) is 5. The van der Waals surface area contributed by atoms with E-state index in [-0.39, 0.29) is 16.2 Å². The number of piperazine rings is 1. The van der Waals surface area contributed by atoms with Crippen LogP contribution in [0.2, 0.25) is 10.0 Å². The molecule has 0 unspecified atom stereocenters. The van der Waals surface area contributed by atoms with Gasteiger partial charge in [0.25, 0.3) is 0 Å². The number of aromatic hydroxyl groups is 1. The normalized spacial score (nSPS) is 15.4. The Morgan fingerprint density at radius 3 is 2.59 bits per heavy atom. The molecule has 1 saturated heterocycles. The molecule has 0 amide bonds. The van der Waals surface area contributed by atoms with Crippen molar-refractivity contribution in [1.82, 2.24) is 4.90 Å². The monoisotopic (exact) mass is 404 g/mol. The van der Waals surface area contributed by atoms with Crippen molar-refractivity contribution in [3.8, 4) is 5.75 Å². The predicted octanol–water partition coefficient (Wildman–Crippen LogP) is 4.13. The molecule has 2 heterocycles. The van der Waals surface area contributed by atoms with E-state index < -0.39 is 0 Å². The summed E-state index contributed by atoms with van der Waals surface area (Å²) >= 11 is 11.9. The van der Waals surface area contributed by atoms with Gasteiger partial charge in [-0.1, -0.05) is 29.3 Å². The molecule has 1 N–H and O–H groups in total. The van der Waals surface area contributed by atoms with Crippen LogP contribution >= 0.6 is 23.2 Å². The SMILES string of the molecule is O=c1c(Cl)coc2c(CN3CCN(c4cccc(Cl)c4)CC3)c(O)ccc12. The largest absolute Gasteiger partial charge is 0.507 e. The third-order valence-electron chi connectivity index (χ3n) is 4.90. The minimum atomic E-state index is -0.287. The maximum absolute atomic E-state index is 12.2. The van der Waals surface area contributed by atoms with E-state index in [2.05, 4.69) is 15.9 Å². The lowest BCUT2D eigenvalue weighted by atomic mass is 10.1. The van der Waals surface area contributed by atoms with Gasteiger partial charge in [-0.05, 0) is 30.3 Å². The molecular formula is C20H18Cl2N2O3. The third-order valence-corrected chi connectivity index (χ3v) is 5.40. The van der Waals surface area contributed by atoms with Crippen molar-refractivity contribution in [3.05, 3.63) is 68.5 Å². The number of hydrogen-bond donors (Lipinski definition) is 1. The number of anilines is 1. The second kappa shape index (κ2) is 7.43. The standard InChI is InChI=1S/C20H18Cl2N2O3/c21-13-2-1-3-14(10-13)24-8-6-23(7-9-24)11-16-18(25)5-4-15-19(26)17(22)12-27-20(15)16/h1-5,10,12,25H,6-9,11H2. The van der Waals surface area contributed by atoms with Gasteiger partial charge in [-0.3, -0.25) is 9.69 Å². The Hall–Kier alpha value is -2.21. The lowest BCUT2D eigenvalue weighted by Gasteiger charge is -2.36. The van der Waals surface area contributed by atoms with Crippen molar-refractivity contribution < 1.29 is 9.52 Å². The molecule has 0 atom stereocenters. The summed E-state index contributed by atoms with van der Waals surface area (Å²) in [6, 6.07) is 10.9. The summed E-state index contributed by atoms with van der Waals surface area (Å²) in [6.07, 6.45) is 1.23. The maximum Gasteiger partial charge on any atom is 0.211 e. The third kappa shape index (κ3) is 3.63. The van der Waals surface area contributed by atoms with Crippen LogP contribution in [0.15, 0.2) is 51.9 Å². The van der Waals surface area contributed by atoms with Gasteiger partial charge in [0.1, 0.15) is 22.6 Å². The van der Waals surface area contributed by atoms with Gasteiger partial charge in [0.2, 0.25) is 5.43 Å². The molecule has 27 heavy (non-hydrogen) atoms. The summed E-state index contributed by atoms with van der Waals surface area (Å²) in [5.74, 6) is 0.116. The molecule has 140 valence electrons. The highest BCUT2D eigenvalue weighted by molar-refractivity contribution is 6.31. The number of phenolic OH excluding ortho intramolecular Hbond substituents is 1. The van der Waals surface area contributed by atoms with E-state index in [0.717, 1.165) is 36.9 Å². The van der Waals surface area contributed by atoms with Crippen molar-refractivity contribution in [1.29, 1.82) is 0 Å². The summed E-state index contributed by atoms with van der Waals surface area (Å²) < 4.78 is 5.54. The Morgan fingerprint density at radius 1 is 1.07 bits per heavy atom. The molecule has 0 spiro atoms. The summed E-state index contributed by atoms with van der Waals surface area (Å²) in [7, 11) is 0. The van der Waals surface area contributed by atoms with Crippen LogP contribution in [0.5, 0.6) is 5.75 Å². The zero-order chi connectivity index (χ0) is 19.0. The molecule has 1 fully saturated rings.